The van der Waals surface area contributed by atoms with Gasteiger partial charge in [0.25, 0.3) is 11.8 Å². The number of aromatic nitrogens is 1. The minimum Gasteiger partial charge on any atom is -0.366 e. The summed E-state index contributed by atoms with van der Waals surface area (Å²) in [7, 11) is 0. The Hall–Kier alpha value is -5.02. The molecule has 3 amide bonds. The van der Waals surface area contributed by atoms with E-state index in [1.54, 1.807) is 12.1 Å². The summed E-state index contributed by atoms with van der Waals surface area (Å²) in [6.07, 6.45) is 2.88. The number of amides is 3. The van der Waals surface area contributed by atoms with Crippen molar-refractivity contribution in [2.45, 2.75) is 32.2 Å². The van der Waals surface area contributed by atoms with Crippen LogP contribution in [-0.2, 0) is 4.79 Å². The van der Waals surface area contributed by atoms with Gasteiger partial charge in [-0.15, -0.1) is 0 Å². The summed E-state index contributed by atoms with van der Waals surface area (Å²) in [5.41, 5.74) is 11.5. The summed E-state index contributed by atoms with van der Waals surface area (Å²) < 4.78 is 13.3. The third-order valence-electron chi connectivity index (χ3n) is 7.89. The van der Waals surface area contributed by atoms with Crippen molar-refractivity contribution in [2.75, 3.05) is 17.2 Å². The fourth-order valence-corrected chi connectivity index (χ4v) is 5.68. The molecule has 212 valence electrons. The Morgan fingerprint density at radius 1 is 0.929 bits per heavy atom. The van der Waals surface area contributed by atoms with E-state index in [1.807, 2.05) is 43.3 Å². The second kappa shape index (κ2) is 11.1. The summed E-state index contributed by atoms with van der Waals surface area (Å²) in [5, 5.41) is 10.9. The van der Waals surface area contributed by atoms with Crippen LogP contribution < -0.4 is 21.7 Å². The first-order chi connectivity index (χ1) is 20.3. The number of halogens is 1. The molecule has 1 aliphatic heterocycles. The number of nitrogens with two attached hydrogens (primary N) is 1. The van der Waals surface area contributed by atoms with Gasteiger partial charge < -0.3 is 26.7 Å². The van der Waals surface area contributed by atoms with Crippen LogP contribution in [0, 0.1) is 12.7 Å². The fourth-order valence-electron chi connectivity index (χ4n) is 5.68. The molecule has 2 heterocycles. The molecule has 0 bridgehead atoms. The molecule has 0 unspecified atom stereocenters. The number of primary amides is 1. The second-order valence-electron chi connectivity index (χ2n) is 10.6. The first-order valence-corrected chi connectivity index (χ1v) is 13.9. The van der Waals surface area contributed by atoms with Crippen molar-refractivity contribution in [1.29, 1.82) is 0 Å². The van der Waals surface area contributed by atoms with Gasteiger partial charge in [0.05, 0.1) is 17.1 Å². The standard InChI is InChI=1S/C33H30FN5O3/c1-18-22(5-4-7-26(18)39-32(41)19-8-10-20(34)11-9-19)23-14-15-25(31(35)40)30-29(23)24-13-12-21(17-28(24)38-30)37-33(42)27-6-2-3-16-36-27/h4-5,7-15,17,27,36,38H,2-3,6,16H2,1H3,(H2,35,40)(H,37,42)(H,39,41)/t27-/m1/s1. The van der Waals surface area contributed by atoms with E-state index in [9.17, 15) is 18.8 Å². The van der Waals surface area contributed by atoms with Crippen molar-refractivity contribution >= 4 is 50.9 Å². The predicted octanol–water partition coefficient (Wildman–Crippen LogP) is 5.87. The Balaban J connectivity index is 1.40. The molecule has 6 rings (SSSR count). The lowest BCUT2D eigenvalue weighted by atomic mass is 9.93. The average molecular weight is 564 g/mol. The number of H-pyrrole nitrogens is 1. The molecule has 0 radical (unpaired) electrons. The Morgan fingerprint density at radius 2 is 1.74 bits per heavy atom. The number of fused-ring (bicyclic) bond motifs is 3. The first kappa shape index (κ1) is 27.2. The van der Waals surface area contributed by atoms with E-state index in [0.29, 0.717) is 28.0 Å². The van der Waals surface area contributed by atoms with Crippen LogP contribution in [0.25, 0.3) is 32.9 Å². The minimum atomic E-state index is -0.563. The fraction of sp³-hybridized carbons (Fsp3) is 0.182. The van der Waals surface area contributed by atoms with Gasteiger partial charge in [0.15, 0.2) is 0 Å². The predicted molar refractivity (Wildman–Crippen MR) is 163 cm³/mol. The molecule has 0 saturated carbocycles. The Morgan fingerprint density at radius 3 is 2.48 bits per heavy atom. The van der Waals surface area contributed by atoms with Gasteiger partial charge in [-0.3, -0.25) is 14.4 Å². The van der Waals surface area contributed by atoms with Gasteiger partial charge in [-0.1, -0.05) is 30.7 Å². The van der Waals surface area contributed by atoms with E-state index in [4.69, 9.17) is 5.73 Å². The van der Waals surface area contributed by atoms with E-state index < -0.39 is 11.7 Å². The number of hydrogen-bond acceptors (Lipinski definition) is 4. The zero-order valence-corrected chi connectivity index (χ0v) is 23.0. The Kier molecular flexibility index (Phi) is 7.18. The monoisotopic (exact) mass is 563 g/mol. The number of piperidine rings is 1. The van der Waals surface area contributed by atoms with E-state index in [0.717, 1.165) is 58.8 Å². The molecule has 8 nitrogen and oxygen atoms in total. The highest BCUT2D eigenvalue weighted by Gasteiger charge is 2.22. The molecule has 5 aromatic rings. The molecule has 4 aromatic carbocycles. The minimum absolute atomic E-state index is 0.0706. The Labute approximate surface area is 241 Å². The van der Waals surface area contributed by atoms with Crippen LogP contribution >= 0.6 is 0 Å². The molecule has 0 aliphatic carbocycles. The highest BCUT2D eigenvalue weighted by atomic mass is 19.1. The van der Waals surface area contributed by atoms with Crippen LogP contribution in [0.5, 0.6) is 0 Å². The van der Waals surface area contributed by atoms with Gasteiger partial charge in [0.1, 0.15) is 5.82 Å². The molecule has 1 aromatic heterocycles. The summed E-state index contributed by atoms with van der Waals surface area (Å²) in [6, 6.07) is 19.9. The van der Waals surface area contributed by atoms with Crippen LogP contribution in [-0.4, -0.2) is 35.3 Å². The molecule has 6 N–H and O–H groups in total. The van der Waals surface area contributed by atoms with Gasteiger partial charge in [-0.2, -0.15) is 0 Å². The van der Waals surface area contributed by atoms with Crippen LogP contribution in [0.2, 0.25) is 0 Å². The van der Waals surface area contributed by atoms with Gasteiger partial charge in [-0.05, 0) is 91.5 Å². The number of rotatable bonds is 6. The zero-order valence-electron chi connectivity index (χ0n) is 23.0. The van der Waals surface area contributed by atoms with Crippen LogP contribution in [0.1, 0.15) is 45.5 Å². The van der Waals surface area contributed by atoms with Gasteiger partial charge in [0.2, 0.25) is 5.91 Å². The van der Waals surface area contributed by atoms with Crippen LogP contribution in [0.15, 0.2) is 72.8 Å². The van der Waals surface area contributed by atoms with Crippen molar-refractivity contribution in [3.8, 4) is 11.1 Å². The highest BCUT2D eigenvalue weighted by Crippen LogP contribution is 2.39. The molecule has 1 aliphatic rings. The van der Waals surface area contributed by atoms with E-state index in [2.05, 4.69) is 20.9 Å². The quantitative estimate of drug-likeness (QED) is 0.177. The van der Waals surface area contributed by atoms with E-state index in [-0.39, 0.29) is 17.9 Å². The number of hydrogen-bond donors (Lipinski definition) is 5. The van der Waals surface area contributed by atoms with Crippen molar-refractivity contribution < 1.29 is 18.8 Å². The highest BCUT2D eigenvalue weighted by molar-refractivity contribution is 6.20. The first-order valence-electron chi connectivity index (χ1n) is 13.9. The third-order valence-corrected chi connectivity index (χ3v) is 7.89. The van der Waals surface area contributed by atoms with Crippen molar-refractivity contribution in [3.63, 3.8) is 0 Å². The maximum Gasteiger partial charge on any atom is 0.255 e. The maximum atomic E-state index is 13.3. The summed E-state index contributed by atoms with van der Waals surface area (Å²) >= 11 is 0. The van der Waals surface area contributed by atoms with Gasteiger partial charge >= 0.3 is 0 Å². The van der Waals surface area contributed by atoms with E-state index >= 15 is 0 Å². The van der Waals surface area contributed by atoms with Crippen molar-refractivity contribution in [2.24, 2.45) is 5.73 Å². The number of carbonyl (C=O) groups is 3. The topological polar surface area (TPSA) is 129 Å². The average Bonchev–Trinajstić information content (AvgIpc) is 3.37. The number of aromatic amines is 1. The lowest BCUT2D eigenvalue weighted by molar-refractivity contribution is -0.118. The van der Waals surface area contributed by atoms with Gasteiger partial charge in [0, 0.05) is 33.2 Å². The van der Waals surface area contributed by atoms with E-state index in [1.165, 1.54) is 24.3 Å². The third kappa shape index (κ3) is 5.10. The smallest absolute Gasteiger partial charge is 0.255 e. The molecular formula is C33H30FN5O3. The molecule has 1 saturated heterocycles. The molecular weight excluding hydrogens is 533 g/mol. The maximum absolute atomic E-state index is 13.3. The lowest BCUT2D eigenvalue weighted by Crippen LogP contribution is -2.43. The largest absolute Gasteiger partial charge is 0.366 e. The molecule has 0 spiro atoms. The molecule has 42 heavy (non-hydrogen) atoms. The zero-order chi connectivity index (χ0) is 29.4. The number of anilines is 2. The molecule has 1 atom stereocenters. The summed E-state index contributed by atoms with van der Waals surface area (Å²) in [4.78, 5) is 41.4. The van der Waals surface area contributed by atoms with Crippen molar-refractivity contribution in [3.05, 3.63) is 95.3 Å². The summed E-state index contributed by atoms with van der Waals surface area (Å²) in [5.74, 6) is -1.40. The molecule has 1 fully saturated rings. The number of carbonyl (C=O) groups excluding carboxylic acids is 3. The number of benzene rings is 4. The van der Waals surface area contributed by atoms with Crippen molar-refractivity contribution in [1.82, 2.24) is 10.3 Å². The Bertz CT molecular complexity index is 1860. The lowest BCUT2D eigenvalue weighted by Gasteiger charge is -2.22. The second-order valence-corrected chi connectivity index (χ2v) is 10.6. The normalized spacial score (nSPS) is 15.0. The SMILES string of the molecule is Cc1c(NC(=O)c2ccc(F)cc2)cccc1-c1ccc(C(N)=O)c2[nH]c3cc(NC(=O)[C@H]4CCCCN4)ccc3c12. The van der Waals surface area contributed by atoms with Gasteiger partial charge in [-0.25, -0.2) is 4.39 Å². The van der Waals surface area contributed by atoms with Crippen LogP contribution in [0.3, 0.4) is 0 Å². The number of nitrogens with one attached hydrogen (secondary N) is 4. The molecule has 9 heteroatoms. The van der Waals surface area contributed by atoms with Crippen LogP contribution in [0.4, 0.5) is 15.8 Å². The summed E-state index contributed by atoms with van der Waals surface area (Å²) in [6.45, 7) is 2.74.